The van der Waals surface area contributed by atoms with Crippen molar-refractivity contribution in [1.29, 1.82) is 0 Å². The summed E-state index contributed by atoms with van der Waals surface area (Å²) in [7, 11) is 0. The van der Waals surface area contributed by atoms with Crippen molar-refractivity contribution in [2.24, 2.45) is 0 Å². The Morgan fingerprint density at radius 3 is 2.88 bits per heavy atom. The Labute approximate surface area is 145 Å². The lowest BCUT2D eigenvalue weighted by molar-refractivity contribution is 0.175. The Bertz CT molecular complexity index is 879. The Kier molecular flexibility index (Phi) is 4.09. The molecule has 6 nitrogen and oxygen atoms in total. The SMILES string of the molecule is CC(c1cccc(F)c1)N1CCN(c2ccc3nncn3n2)C(C)C1. The molecule has 3 aromatic rings. The Hall–Kier alpha value is -2.54. The van der Waals surface area contributed by atoms with Crippen LogP contribution in [0.4, 0.5) is 10.2 Å². The first-order chi connectivity index (χ1) is 12.1. The molecule has 25 heavy (non-hydrogen) atoms. The zero-order valence-electron chi connectivity index (χ0n) is 14.4. The molecular weight excluding hydrogens is 319 g/mol. The molecule has 0 spiro atoms. The number of benzene rings is 1. The van der Waals surface area contributed by atoms with Gasteiger partial charge in [-0.3, -0.25) is 4.90 Å². The van der Waals surface area contributed by atoms with Crippen molar-refractivity contribution >= 4 is 11.5 Å². The maximum Gasteiger partial charge on any atom is 0.177 e. The molecule has 4 rings (SSSR count). The highest BCUT2D eigenvalue weighted by molar-refractivity contribution is 5.46. The summed E-state index contributed by atoms with van der Waals surface area (Å²) in [5.74, 6) is 0.750. The van der Waals surface area contributed by atoms with Crippen LogP contribution in [0.25, 0.3) is 5.65 Å². The van der Waals surface area contributed by atoms with Crippen LogP contribution in [0.3, 0.4) is 0 Å². The summed E-state index contributed by atoms with van der Waals surface area (Å²) < 4.78 is 15.2. The zero-order chi connectivity index (χ0) is 17.4. The van der Waals surface area contributed by atoms with E-state index in [0.29, 0.717) is 6.04 Å². The van der Waals surface area contributed by atoms with E-state index >= 15 is 0 Å². The van der Waals surface area contributed by atoms with Crippen LogP contribution in [0.2, 0.25) is 0 Å². The second-order valence-corrected chi connectivity index (χ2v) is 6.59. The first kappa shape index (κ1) is 16.0. The van der Waals surface area contributed by atoms with Crippen molar-refractivity contribution in [2.45, 2.75) is 25.9 Å². The molecule has 0 amide bonds. The third kappa shape index (κ3) is 3.07. The topological polar surface area (TPSA) is 49.6 Å². The molecule has 130 valence electrons. The van der Waals surface area contributed by atoms with Gasteiger partial charge in [-0.1, -0.05) is 12.1 Å². The minimum atomic E-state index is -0.178. The van der Waals surface area contributed by atoms with Gasteiger partial charge in [0.15, 0.2) is 5.65 Å². The van der Waals surface area contributed by atoms with Crippen molar-refractivity contribution in [2.75, 3.05) is 24.5 Å². The number of aromatic nitrogens is 4. The highest BCUT2D eigenvalue weighted by atomic mass is 19.1. The summed E-state index contributed by atoms with van der Waals surface area (Å²) in [6.45, 7) is 7.02. The number of fused-ring (bicyclic) bond motifs is 1. The third-order valence-corrected chi connectivity index (χ3v) is 4.98. The third-order valence-electron chi connectivity index (χ3n) is 4.98. The van der Waals surface area contributed by atoms with Gasteiger partial charge < -0.3 is 4.90 Å². The van der Waals surface area contributed by atoms with Crippen LogP contribution in [-0.2, 0) is 0 Å². The van der Waals surface area contributed by atoms with E-state index in [9.17, 15) is 4.39 Å². The van der Waals surface area contributed by atoms with E-state index in [0.717, 1.165) is 36.7 Å². The lowest BCUT2D eigenvalue weighted by atomic mass is 10.0. The van der Waals surface area contributed by atoms with E-state index in [1.54, 1.807) is 23.0 Å². The number of nitrogens with zero attached hydrogens (tertiary/aromatic N) is 6. The molecule has 1 saturated heterocycles. The number of hydrogen-bond donors (Lipinski definition) is 0. The second-order valence-electron chi connectivity index (χ2n) is 6.59. The summed E-state index contributed by atoms with van der Waals surface area (Å²) in [5.41, 5.74) is 1.76. The van der Waals surface area contributed by atoms with Gasteiger partial charge in [0.1, 0.15) is 18.0 Å². The monoisotopic (exact) mass is 340 g/mol. The summed E-state index contributed by atoms with van der Waals surface area (Å²) in [5, 5.41) is 12.5. The maximum atomic E-state index is 13.5. The van der Waals surface area contributed by atoms with Crippen molar-refractivity contribution < 1.29 is 4.39 Å². The lowest BCUT2D eigenvalue weighted by Gasteiger charge is -2.43. The van der Waals surface area contributed by atoms with E-state index in [1.165, 1.54) is 6.07 Å². The molecule has 1 fully saturated rings. The van der Waals surface area contributed by atoms with Crippen molar-refractivity contribution in [3.63, 3.8) is 0 Å². The number of halogens is 1. The molecule has 0 radical (unpaired) electrons. The van der Waals surface area contributed by atoms with Gasteiger partial charge in [-0.05, 0) is 43.7 Å². The Balaban J connectivity index is 1.49. The van der Waals surface area contributed by atoms with Crippen LogP contribution in [0, 0.1) is 5.82 Å². The molecule has 0 N–H and O–H groups in total. The molecule has 1 aromatic carbocycles. The van der Waals surface area contributed by atoms with Crippen LogP contribution in [0.15, 0.2) is 42.7 Å². The summed E-state index contributed by atoms with van der Waals surface area (Å²) in [6, 6.07) is 11.3. The predicted molar refractivity (Wildman–Crippen MR) is 94.0 cm³/mol. The van der Waals surface area contributed by atoms with Crippen LogP contribution in [0.5, 0.6) is 0 Å². The fourth-order valence-corrected chi connectivity index (χ4v) is 3.53. The summed E-state index contributed by atoms with van der Waals surface area (Å²) >= 11 is 0. The molecule has 2 atom stereocenters. The maximum absolute atomic E-state index is 13.5. The highest BCUT2D eigenvalue weighted by Crippen LogP contribution is 2.26. The molecule has 1 aliphatic heterocycles. The minimum Gasteiger partial charge on any atom is -0.350 e. The molecular formula is C18H21FN6. The fraction of sp³-hybridized carbons (Fsp3) is 0.389. The molecule has 1 aliphatic rings. The molecule has 3 heterocycles. The van der Waals surface area contributed by atoms with Gasteiger partial charge in [0.25, 0.3) is 0 Å². The highest BCUT2D eigenvalue weighted by Gasteiger charge is 2.28. The van der Waals surface area contributed by atoms with Gasteiger partial charge >= 0.3 is 0 Å². The average Bonchev–Trinajstić information content (AvgIpc) is 3.08. The Morgan fingerprint density at radius 1 is 1.20 bits per heavy atom. The Morgan fingerprint density at radius 2 is 2.08 bits per heavy atom. The van der Waals surface area contributed by atoms with E-state index in [4.69, 9.17) is 0 Å². The second kappa shape index (κ2) is 6.40. The first-order valence-electron chi connectivity index (χ1n) is 8.55. The molecule has 0 aliphatic carbocycles. The molecule has 0 saturated carbocycles. The number of piperazine rings is 1. The van der Waals surface area contributed by atoms with E-state index in [-0.39, 0.29) is 11.9 Å². The van der Waals surface area contributed by atoms with E-state index in [1.807, 2.05) is 18.2 Å². The normalized spacial score (nSPS) is 20.1. The van der Waals surface area contributed by atoms with Gasteiger partial charge in [0, 0.05) is 31.7 Å². The molecule has 7 heteroatoms. The average molecular weight is 340 g/mol. The minimum absolute atomic E-state index is 0.178. The van der Waals surface area contributed by atoms with Gasteiger partial charge in [-0.2, -0.15) is 4.52 Å². The van der Waals surface area contributed by atoms with Gasteiger partial charge in [-0.15, -0.1) is 15.3 Å². The van der Waals surface area contributed by atoms with Crippen molar-refractivity contribution in [1.82, 2.24) is 24.7 Å². The standard InChI is InChI=1S/C18H21FN6/c1-13-11-23(14(2)15-4-3-5-16(19)10-15)8-9-24(13)18-7-6-17-21-20-12-25(17)22-18/h3-7,10,12-14H,8-9,11H2,1-2H3. The van der Waals surface area contributed by atoms with Crippen molar-refractivity contribution in [3.05, 3.63) is 54.1 Å². The van der Waals surface area contributed by atoms with Gasteiger partial charge in [-0.25, -0.2) is 4.39 Å². The largest absolute Gasteiger partial charge is 0.350 e. The van der Waals surface area contributed by atoms with Gasteiger partial charge in [0.05, 0.1) is 0 Å². The summed E-state index contributed by atoms with van der Waals surface area (Å²) in [4.78, 5) is 4.70. The number of hydrogen-bond acceptors (Lipinski definition) is 5. The predicted octanol–water partition coefficient (Wildman–Crippen LogP) is 2.54. The molecule has 2 unspecified atom stereocenters. The van der Waals surface area contributed by atoms with Crippen LogP contribution in [0.1, 0.15) is 25.5 Å². The van der Waals surface area contributed by atoms with E-state index < -0.39 is 0 Å². The summed E-state index contributed by atoms with van der Waals surface area (Å²) in [6.07, 6.45) is 1.62. The number of rotatable bonds is 3. The lowest BCUT2D eigenvalue weighted by Crippen LogP contribution is -2.52. The van der Waals surface area contributed by atoms with Crippen LogP contribution < -0.4 is 4.90 Å². The zero-order valence-corrected chi connectivity index (χ0v) is 14.4. The molecule has 0 bridgehead atoms. The first-order valence-corrected chi connectivity index (χ1v) is 8.55. The smallest absolute Gasteiger partial charge is 0.177 e. The quantitative estimate of drug-likeness (QED) is 0.733. The van der Waals surface area contributed by atoms with Crippen LogP contribution in [-0.4, -0.2) is 50.4 Å². The number of anilines is 1. The fourth-order valence-electron chi connectivity index (χ4n) is 3.53. The van der Waals surface area contributed by atoms with Crippen LogP contribution >= 0.6 is 0 Å². The van der Waals surface area contributed by atoms with Gasteiger partial charge in [0.2, 0.25) is 0 Å². The van der Waals surface area contributed by atoms with Crippen molar-refractivity contribution in [3.8, 4) is 0 Å². The van der Waals surface area contributed by atoms with E-state index in [2.05, 4.69) is 38.9 Å². The molecule has 2 aromatic heterocycles.